The summed E-state index contributed by atoms with van der Waals surface area (Å²) in [7, 11) is 0. The van der Waals surface area contributed by atoms with E-state index in [0.717, 1.165) is 6.54 Å². The Morgan fingerprint density at radius 1 is 1.16 bits per heavy atom. The number of nitrogens with one attached hydrogen (secondary N) is 1. The Balaban J connectivity index is 1.38. The lowest BCUT2D eigenvalue weighted by molar-refractivity contribution is -0.121. The molecule has 31 heavy (non-hydrogen) atoms. The van der Waals surface area contributed by atoms with Gasteiger partial charge in [-0.2, -0.15) is 10.2 Å². The summed E-state index contributed by atoms with van der Waals surface area (Å²) in [6, 6.07) is 6.32. The molecule has 0 radical (unpaired) electrons. The molecule has 1 aliphatic rings. The minimum absolute atomic E-state index is 0.0497. The van der Waals surface area contributed by atoms with Gasteiger partial charge in [0.05, 0.1) is 29.3 Å². The molecule has 0 unspecified atom stereocenters. The fourth-order valence-corrected chi connectivity index (χ4v) is 3.85. The minimum atomic E-state index is -0.399. The zero-order valence-corrected chi connectivity index (χ0v) is 17.6. The van der Waals surface area contributed by atoms with Gasteiger partial charge in [0, 0.05) is 31.7 Å². The average Bonchev–Trinajstić information content (AvgIpc) is 3.40. The van der Waals surface area contributed by atoms with E-state index in [0.29, 0.717) is 48.6 Å². The molecule has 0 spiro atoms. The first-order chi connectivity index (χ1) is 15.0. The van der Waals surface area contributed by atoms with E-state index in [2.05, 4.69) is 15.5 Å². The number of para-hydroxylation sites is 1. The van der Waals surface area contributed by atoms with Crippen LogP contribution in [0.4, 0.5) is 10.1 Å². The van der Waals surface area contributed by atoms with Crippen molar-refractivity contribution in [2.75, 3.05) is 18.4 Å². The van der Waals surface area contributed by atoms with Crippen LogP contribution in [0.2, 0.25) is 0 Å². The van der Waals surface area contributed by atoms with Crippen molar-refractivity contribution in [3.05, 3.63) is 59.9 Å². The van der Waals surface area contributed by atoms with Crippen molar-refractivity contribution in [1.29, 1.82) is 0 Å². The molecule has 9 heteroatoms. The van der Waals surface area contributed by atoms with Gasteiger partial charge in [0.2, 0.25) is 5.91 Å². The number of anilines is 1. The molecule has 2 amide bonds. The highest BCUT2D eigenvalue weighted by molar-refractivity contribution is 5.96. The molecule has 0 aliphatic carbocycles. The van der Waals surface area contributed by atoms with Crippen molar-refractivity contribution >= 4 is 17.5 Å². The van der Waals surface area contributed by atoms with Gasteiger partial charge in [-0.3, -0.25) is 14.3 Å². The maximum Gasteiger partial charge on any atom is 0.257 e. The summed E-state index contributed by atoms with van der Waals surface area (Å²) in [5.41, 5.74) is 2.02. The Morgan fingerprint density at radius 3 is 2.58 bits per heavy atom. The predicted octanol–water partition coefficient (Wildman–Crippen LogP) is 3.03. The molecule has 1 aliphatic heterocycles. The number of likely N-dealkylation sites (tertiary alicyclic amines) is 1. The molecule has 162 valence electrons. The van der Waals surface area contributed by atoms with Crippen molar-refractivity contribution in [3.8, 4) is 5.69 Å². The van der Waals surface area contributed by atoms with Crippen molar-refractivity contribution in [3.63, 3.8) is 0 Å². The lowest BCUT2D eigenvalue weighted by Gasteiger charge is -2.31. The first-order valence-electron chi connectivity index (χ1n) is 10.4. The number of piperidine rings is 1. The third-order valence-electron chi connectivity index (χ3n) is 5.70. The second-order valence-electron chi connectivity index (χ2n) is 7.65. The van der Waals surface area contributed by atoms with Crippen LogP contribution in [0.25, 0.3) is 5.69 Å². The van der Waals surface area contributed by atoms with Gasteiger partial charge in [0.1, 0.15) is 11.5 Å². The van der Waals surface area contributed by atoms with Gasteiger partial charge in [-0.05, 0) is 38.8 Å². The summed E-state index contributed by atoms with van der Waals surface area (Å²) in [6.07, 6.45) is 6.08. The zero-order valence-electron chi connectivity index (χ0n) is 17.6. The van der Waals surface area contributed by atoms with E-state index in [4.69, 9.17) is 0 Å². The van der Waals surface area contributed by atoms with E-state index in [9.17, 15) is 14.0 Å². The topological polar surface area (TPSA) is 85.0 Å². The van der Waals surface area contributed by atoms with Gasteiger partial charge in [0.25, 0.3) is 5.91 Å². The molecule has 2 aromatic heterocycles. The molecular formula is C22H25FN6O2. The van der Waals surface area contributed by atoms with Crippen molar-refractivity contribution in [2.45, 2.75) is 33.2 Å². The number of hydrogen-bond acceptors (Lipinski definition) is 4. The Bertz CT molecular complexity index is 1100. The Labute approximate surface area is 179 Å². The summed E-state index contributed by atoms with van der Waals surface area (Å²) < 4.78 is 17.3. The fraction of sp³-hybridized carbons (Fsp3) is 0.364. The standard InChI is InChI=1S/C22H25FN6O2/c1-3-28-14-17(12-24-28)26-21(30)16-8-10-27(11-9-16)22(31)18-13-25-29(15(18)2)20-7-5-4-6-19(20)23/h4-7,12-14,16H,3,8-11H2,1-2H3,(H,26,30). The SMILES string of the molecule is CCn1cc(NC(=O)C2CCN(C(=O)c3cnn(-c4ccccc4F)c3C)CC2)cn1. The Morgan fingerprint density at radius 2 is 1.90 bits per heavy atom. The van der Waals surface area contributed by atoms with Crippen LogP contribution in [0.15, 0.2) is 42.9 Å². The van der Waals surface area contributed by atoms with E-state index < -0.39 is 5.82 Å². The predicted molar refractivity (Wildman–Crippen MR) is 113 cm³/mol. The summed E-state index contributed by atoms with van der Waals surface area (Å²) in [5.74, 6) is -0.755. The van der Waals surface area contributed by atoms with Crippen LogP contribution in [-0.4, -0.2) is 49.4 Å². The smallest absolute Gasteiger partial charge is 0.257 e. The number of nitrogens with zero attached hydrogens (tertiary/aromatic N) is 5. The number of aryl methyl sites for hydroxylation is 1. The van der Waals surface area contributed by atoms with E-state index >= 15 is 0 Å². The number of carbonyl (C=O) groups is 2. The lowest BCUT2D eigenvalue weighted by atomic mass is 9.95. The highest BCUT2D eigenvalue weighted by Gasteiger charge is 2.29. The van der Waals surface area contributed by atoms with Gasteiger partial charge in [0.15, 0.2) is 0 Å². The minimum Gasteiger partial charge on any atom is -0.338 e. The van der Waals surface area contributed by atoms with Crippen LogP contribution in [0.1, 0.15) is 35.8 Å². The number of aromatic nitrogens is 4. The third kappa shape index (κ3) is 4.21. The molecule has 3 aromatic rings. The summed E-state index contributed by atoms with van der Waals surface area (Å²) >= 11 is 0. The fourth-order valence-electron chi connectivity index (χ4n) is 3.85. The van der Waals surface area contributed by atoms with Crippen molar-refractivity contribution < 1.29 is 14.0 Å². The number of rotatable bonds is 5. The second kappa shape index (κ2) is 8.71. The Kier molecular flexibility index (Phi) is 5.83. The van der Waals surface area contributed by atoms with Crippen LogP contribution in [0.5, 0.6) is 0 Å². The van der Waals surface area contributed by atoms with Crippen LogP contribution >= 0.6 is 0 Å². The van der Waals surface area contributed by atoms with E-state index in [1.165, 1.54) is 16.9 Å². The molecule has 0 atom stereocenters. The number of amides is 2. The van der Waals surface area contributed by atoms with E-state index in [-0.39, 0.29) is 17.7 Å². The molecule has 1 aromatic carbocycles. The molecule has 4 rings (SSSR count). The lowest BCUT2D eigenvalue weighted by Crippen LogP contribution is -2.41. The quantitative estimate of drug-likeness (QED) is 0.682. The first kappa shape index (κ1) is 20.8. The van der Waals surface area contributed by atoms with Crippen LogP contribution < -0.4 is 5.32 Å². The number of benzene rings is 1. The normalized spacial score (nSPS) is 14.6. The van der Waals surface area contributed by atoms with Crippen molar-refractivity contribution in [1.82, 2.24) is 24.5 Å². The summed E-state index contributed by atoms with van der Waals surface area (Å²) in [5, 5.41) is 11.3. The average molecular weight is 424 g/mol. The monoisotopic (exact) mass is 424 g/mol. The molecular weight excluding hydrogens is 399 g/mol. The number of hydrogen-bond donors (Lipinski definition) is 1. The largest absolute Gasteiger partial charge is 0.338 e. The maximum atomic E-state index is 14.1. The van der Waals surface area contributed by atoms with Crippen LogP contribution in [0, 0.1) is 18.7 Å². The second-order valence-corrected chi connectivity index (χ2v) is 7.65. The van der Waals surface area contributed by atoms with Gasteiger partial charge in [-0.15, -0.1) is 0 Å². The highest BCUT2D eigenvalue weighted by Crippen LogP contribution is 2.23. The molecule has 0 saturated carbocycles. The molecule has 3 heterocycles. The third-order valence-corrected chi connectivity index (χ3v) is 5.70. The molecule has 1 saturated heterocycles. The zero-order chi connectivity index (χ0) is 22.0. The highest BCUT2D eigenvalue weighted by atomic mass is 19.1. The molecule has 1 fully saturated rings. The van der Waals surface area contributed by atoms with Crippen LogP contribution in [-0.2, 0) is 11.3 Å². The van der Waals surface area contributed by atoms with Gasteiger partial charge < -0.3 is 10.2 Å². The van der Waals surface area contributed by atoms with E-state index in [1.807, 2.05) is 6.92 Å². The number of carbonyl (C=O) groups excluding carboxylic acids is 2. The molecule has 1 N–H and O–H groups in total. The number of halogens is 1. The van der Waals surface area contributed by atoms with Gasteiger partial charge in [-0.1, -0.05) is 12.1 Å². The van der Waals surface area contributed by atoms with Gasteiger partial charge in [-0.25, -0.2) is 9.07 Å². The van der Waals surface area contributed by atoms with Crippen molar-refractivity contribution in [2.24, 2.45) is 5.92 Å². The summed E-state index contributed by atoms with van der Waals surface area (Å²) in [6.45, 7) is 5.44. The van der Waals surface area contributed by atoms with E-state index in [1.54, 1.807) is 47.1 Å². The molecule has 0 bridgehead atoms. The maximum absolute atomic E-state index is 14.1. The Hall–Kier alpha value is -3.49. The molecule has 8 nitrogen and oxygen atoms in total. The summed E-state index contributed by atoms with van der Waals surface area (Å²) in [4.78, 5) is 27.3. The van der Waals surface area contributed by atoms with Gasteiger partial charge >= 0.3 is 0 Å². The first-order valence-corrected chi connectivity index (χ1v) is 10.4. The van der Waals surface area contributed by atoms with Crippen LogP contribution in [0.3, 0.4) is 0 Å².